The van der Waals surface area contributed by atoms with Crippen LogP contribution >= 0.6 is 0 Å². The highest BCUT2D eigenvalue weighted by molar-refractivity contribution is 5.74. The van der Waals surface area contributed by atoms with E-state index in [-0.39, 0.29) is 12.1 Å². The molecule has 0 aromatic carbocycles. The SMILES string of the molecule is COCCCNC(=O)N[C@@H]1CN(c2ccccn2)C[C@H]1CN(C)C. The minimum atomic E-state index is -0.109. The lowest BCUT2D eigenvalue weighted by molar-refractivity contribution is 0.193. The van der Waals surface area contributed by atoms with Gasteiger partial charge in [-0.25, -0.2) is 9.78 Å². The molecule has 0 aliphatic carbocycles. The van der Waals surface area contributed by atoms with E-state index in [9.17, 15) is 4.79 Å². The zero-order chi connectivity index (χ0) is 17.4. The van der Waals surface area contributed by atoms with Crippen LogP contribution in [0.15, 0.2) is 24.4 Å². The van der Waals surface area contributed by atoms with E-state index in [1.807, 2.05) is 18.2 Å². The molecule has 0 saturated carbocycles. The quantitative estimate of drug-likeness (QED) is 0.687. The molecule has 0 spiro atoms. The largest absolute Gasteiger partial charge is 0.385 e. The predicted molar refractivity (Wildman–Crippen MR) is 95.3 cm³/mol. The molecule has 7 nitrogen and oxygen atoms in total. The lowest BCUT2D eigenvalue weighted by Gasteiger charge is -2.22. The molecule has 1 aliphatic heterocycles. The lowest BCUT2D eigenvalue weighted by atomic mass is 10.0. The van der Waals surface area contributed by atoms with E-state index in [4.69, 9.17) is 4.74 Å². The maximum absolute atomic E-state index is 12.1. The fourth-order valence-corrected chi connectivity index (χ4v) is 3.05. The molecular weight excluding hydrogens is 306 g/mol. The first kappa shape index (κ1) is 18.5. The van der Waals surface area contributed by atoms with Gasteiger partial charge in [-0.15, -0.1) is 0 Å². The van der Waals surface area contributed by atoms with Crippen molar-refractivity contribution in [3.63, 3.8) is 0 Å². The average molecular weight is 335 g/mol. The molecule has 7 heteroatoms. The highest BCUT2D eigenvalue weighted by Gasteiger charge is 2.34. The Labute approximate surface area is 144 Å². The number of nitrogens with zero attached hydrogens (tertiary/aromatic N) is 3. The van der Waals surface area contributed by atoms with Gasteiger partial charge in [0.05, 0.1) is 6.04 Å². The molecule has 0 radical (unpaired) electrons. The molecule has 24 heavy (non-hydrogen) atoms. The highest BCUT2D eigenvalue weighted by atomic mass is 16.5. The summed E-state index contributed by atoms with van der Waals surface area (Å²) in [6.07, 6.45) is 2.62. The molecule has 1 aliphatic rings. The zero-order valence-electron chi connectivity index (χ0n) is 14.9. The van der Waals surface area contributed by atoms with Crippen molar-refractivity contribution >= 4 is 11.8 Å². The Balaban J connectivity index is 1.91. The van der Waals surface area contributed by atoms with Crippen LogP contribution in [0.2, 0.25) is 0 Å². The molecule has 1 aromatic rings. The summed E-state index contributed by atoms with van der Waals surface area (Å²) in [6.45, 7) is 3.87. The van der Waals surface area contributed by atoms with Crippen LogP contribution in [-0.2, 0) is 4.74 Å². The first-order valence-electron chi connectivity index (χ1n) is 8.44. The van der Waals surface area contributed by atoms with E-state index in [2.05, 4.69) is 39.5 Å². The van der Waals surface area contributed by atoms with Crippen LogP contribution in [0.25, 0.3) is 0 Å². The summed E-state index contributed by atoms with van der Waals surface area (Å²) in [7, 11) is 5.78. The van der Waals surface area contributed by atoms with E-state index in [1.54, 1.807) is 13.3 Å². The van der Waals surface area contributed by atoms with Gasteiger partial charge in [-0.05, 0) is 32.6 Å². The molecule has 2 amide bonds. The third kappa shape index (κ3) is 5.65. The van der Waals surface area contributed by atoms with E-state index >= 15 is 0 Å². The summed E-state index contributed by atoms with van der Waals surface area (Å²) in [4.78, 5) is 21.0. The molecule has 2 rings (SSSR count). The van der Waals surface area contributed by atoms with Gasteiger partial charge in [0.15, 0.2) is 0 Å². The number of aromatic nitrogens is 1. The standard InChI is InChI=1S/C17H29N5O2/c1-21(2)11-14-12-22(16-7-4-5-8-18-16)13-15(14)20-17(23)19-9-6-10-24-3/h4-5,7-8,14-15H,6,9-13H2,1-3H3,(H2,19,20,23)/t14-,15-/m1/s1. The molecular formula is C17H29N5O2. The fourth-order valence-electron chi connectivity index (χ4n) is 3.05. The van der Waals surface area contributed by atoms with Crippen LogP contribution < -0.4 is 15.5 Å². The molecule has 1 fully saturated rings. The molecule has 1 aromatic heterocycles. The minimum Gasteiger partial charge on any atom is -0.385 e. The monoisotopic (exact) mass is 335 g/mol. The van der Waals surface area contributed by atoms with Crippen LogP contribution in [0.1, 0.15) is 6.42 Å². The Hall–Kier alpha value is -1.86. The van der Waals surface area contributed by atoms with Gasteiger partial charge in [0.2, 0.25) is 0 Å². The summed E-state index contributed by atoms with van der Waals surface area (Å²) < 4.78 is 4.99. The fraction of sp³-hybridized carbons (Fsp3) is 0.647. The van der Waals surface area contributed by atoms with Crippen molar-refractivity contribution in [2.75, 3.05) is 58.9 Å². The van der Waals surface area contributed by atoms with Gasteiger partial charge in [-0.1, -0.05) is 6.07 Å². The topological polar surface area (TPSA) is 69.7 Å². The van der Waals surface area contributed by atoms with Crippen molar-refractivity contribution in [2.24, 2.45) is 5.92 Å². The number of anilines is 1. The number of hydrogen-bond acceptors (Lipinski definition) is 5. The van der Waals surface area contributed by atoms with Crippen molar-refractivity contribution in [1.29, 1.82) is 0 Å². The molecule has 2 atom stereocenters. The zero-order valence-corrected chi connectivity index (χ0v) is 14.9. The maximum atomic E-state index is 12.1. The Morgan fingerprint density at radius 1 is 1.42 bits per heavy atom. The van der Waals surface area contributed by atoms with Crippen LogP contribution in [0, 0.1) is 5.92 Å². The molecule has 0 unspecified atom stereocenters. The van der Waals surface area contributed by atoms with Crippen LogP contribution in [0.5, 0.6) is 0 Å². The smallest absolute Gasteiger partial charge is 0.315 e. The second-order valence-corrected chi connectivity index (χ2v) is 6.47. The van der Waals surface area contributed by atoms with Crippen LogP contribution in [-0.4, -0.2) is 75.9 Å². The molecule has 134 valence electrons. The first-order valence-corrected chi connectivity index (χ1v) is 8.44. The first-order chi connectivity index (χ1) is 11.6. The number of methoxy groups -OCH3 is 1. The number of nitrogens with one attached hydrogen (secondary N) is 2. The predicted octanol–water partition coefficient (Wildman–Crippen LogP) is 0.784. The average Bonchev–Trinajstić information content (AvgIpc) is 2.94. The summed E-state index contributed by atoms with van der Waals surface area (Å²) >= 11 is 0. The van der Waals surface area contributed by atoms with Crippen molar-refractivity contribution in [3.05, 3.63) is 24.4 Å². The second kappa shape index (κ2) is 9.44. The normalized spacial score (nSPS) is 20.4. The second-order valence-electron chi connectivity index (χ2n) is 6.47. The third-order valence-corrected chi connectivity index (χ3v) is 4.14. The minimum absolute atomic E-state index is 0.108. The number of pyridine rings is 1. The molecule has 1 saturated heterocycles. The summed E-state index contributed by atoms with van der Waals surface area (Å²) in [6, 6.07) is 5.92. The van der Waals surface area contributed by atoms with Gasteiger partial charge in [0.25, 0.3) is 0 Å². The summed E-state index contributed by atoms with van der Waals surface area (Å²) in [5, 5.41) is 6.02. The van der Waals surface area contributed by atoms with E-state index in [0.717, 1.165) is 31.9 Å². The summed E-state index contributed by atoms with van der Waals surface area (Å²) in [5.74, 6) is 1.33. The Bertz CT molecular complexity index is 497. The van der Waals surface area contributed by atoms with E-state index < -0.39 is 0 Å². The highest BCUT2D eigenvalue weighted by Crippen LogP contribution is 2.22. The molecule has 2 heterocycles. The third-order valence-electron chi connectivity index (χ3n) is 4.14. The number of carbonyl (C=O) groups is 1. The van der Waals surface area contributed by atoms with Crippen LogP contribution in [0.4, 0.5) is 10.6 Å². The molecule has 2 N–H and O–H groups in total. The Morgan fingerprint density at radius 2 is 2.25 bits per heavy atom. The van der Waals surface area contributed by atoms with Crippen LogP contribution in [0.3, 0.4) is 0 Å². The molecule has 0 bridgehead atoms. The van der Waals surface area contributed by atoms with Gasteiger partial charge < -0.3 is 25.2 Å². The van der Waals surface area contributed by atoms with Gasteiger partial charge in [-0.2, -0.15) is 0 Å². The number of rotatable bonds is 8. The number of amides is 2. The van der Waals surface area contributed by atoms with Gasteiger partial charge in [0.1, 0.15) is 5.82 Å². The maximum Gasteiger partial charge on any atom is 0.315 e. The number of carbonyl (C=O) groups excluding carboxylic acids is 1. The summed E-state index contributed by atoms with van der Waals surface area (Å²) in [5.41, 5.74) is 0. The lowest BCUT2D eigenvalue weighted by Crippen LogP contribution is -2.47. The van der Waals surface area contributed by atoms with Gasteiger partial charge >= 0.3 is 6.03 Å². The van der Waals surface area contributed by atoms with Crippen molar-refractivity contribution in [3.8, 4) is 0 Å². The van der Waals surface area contributed by atoms with Gasteiger partial charge in [0, 0.05) is 52.0 Å². The Kier molecular flexibility index (Phi) is 7.27. The van der Waals surface area contributed by atoms with Gasteiger partial charge in [-0.3, -0.25) is 0 Å². The van der Waals surface area contributed by atoms with E-state index in [1.165, 1.54) is 0 Å². The van der Waals surface area contributed by atoms with Crippen molar-refractivity contribution in [2.45, 2.75) is 12.5 Å². The van der Waals surface area contributed by atoms with Crippen molar-refractivity contribution < 1.29 is 9.53 Å². The van der Waals surface area contributed by atoms with E-state index in [0.29, 0.717) is 19.1 Å². The number of hydrogen-bond donors (Lipinski definition) is 2. The van der Waals surface area contributed by atoms with Crippen molar-refractivity contribution in [1.82, 2.24) is 20.5 Å². The number of urea groups is 1. The Morgan fingerprint density at radius 3 is 2.92 bits per heavy atom. The number of ether oxygens (including phenoxy) is 1.